The Morgan fingerprint density at radius 2 is 1.70 bits per heavy atom. The van der Waals surface area contributed by atoms with Crippen LogP contribution in [0, 0.1) is 6.92 Å². The van der Waals surface area contributed by atoms with E-state index in [0.717, 1.165) is 0 Å². The molecule has 0 aliphatic rings. The van der Waals surface area contributed by atoms with Crippen molar-refractivity contribution in [1.82, 2.24) is 9.97 Å². The fourth-order valence-corrected chi connectivity index (χ4v) is 1.17. The van der Waals surface area contributed by atoms with Gasteiger partial charge in [-0.15, -0.1) is 0 Å². The molecule has 9 heteroatoms. The summed E-state index contributed by atoms with van der Waals surface area (Å²) in [5.41, 5.74) is 5.66. The highest BCUT2D eigenvalue weighted by molar-refractivity contribution is 5.44. The second-order valence-corrected chi connectivity index (χ2v) is 4.54. The van der Waals surface area contributed by atoms with E-state index in [1.165, 1.54) is 6.92 Å². The van der Waals surface area contributed by atoms with E-state index >= 15 is 0 Å². The van der Waals surface area contributed by atoms with Crippen LogP contribution in [-0.4, -0.2) is 28.7 Å². The molecule has 0 aromatic carbocycles. The Kier molecular flexibility index (Phi) is 4.40. The first-order chi connectivity index (χ1) is 8.95. The molecule has 20 heavy (non-hydrogen) atoms. The number of nitrogens with zero attached hydrogens (tertiary/aromatic N) is 2. The molecule has 1 rings (SSSR count). The van der Waals surface area contributed by atoms with Gasteiger partial charge >= 0.3 is 12.1 Å². The number of nitrogens with two attached hydrogens (primary N) is 1. The van der Waals surface area contributed by atoms with Crippen molar-refractivity contribution in [2.45, 2.75) is 38.8 Å². The third-order valence-corrected chi connectivity index (χ3v) is 2.48. The minimum atomic E-state index is -5.68. The second kappa shape index (κ2) is 5.37. The lowest BCUT2D eigenvalue weighted by molar-refractivity contribution is -0.290. The number of halogens is 5. The zero-order valence-corrected chi connectivity index (χ0v) is 11.1. The Morgan fingerprint density at radius 1 is 1.15 bits per heavy atom. The van der Waals surface area contributed by atoms with E-state index < -0.39 is 18.7 Å². The molecule has 1 aromatic heterocycles. The van der Waals surface area contributed by atoms with E-state index in [2.05, 4.69) is 14.7 Å². The van der Waals surface area contributed by atoms with E-state index in [9.17, 15) is 22.0 Å². The summed E-state index contributed by atoms with van der Waals surface area (Å²) in [5.74, 6) is -5.32. The van der Waals surface area contributed by atoms with Gasteiger partial charge in [0.15, 0.2) is 6.61 Å². The fraction of sp³-hybridized carbons (Fsp3) is 0.636. The molecule has 0 saturated carbocycles. The molecule has 0 aliphatic heterocycles. The predicted octanol–water partition coefficient (Wildman–Crippen LogP) is 3.07. The maximum absolute atomic E-state index is 12.8. The summed E-state index contributed by atoms with van der Waals surface area (Å²) in [6.45, 7) is 2.96. The van der Waals surface area contributed by atoms with Crippen molar-refractivity contribution in [3.8, 4) is 5.88 Å². The lowest BCUT2D eigenvalue weighted by atomic mass is 10.2. The first-order valence-electron chi connectivity index (χ1n) is 5.67. The van der Waals surface area contributed by atoms with Gasteiger partial charge in [-0.1, -0.05) is 13.8 Å². The van der Waals surface area contributed by atoms with Crippen LogP contribution in [-0.2, 0) is 0 Å². The van der Waals surface area contributed by atoms with E-state index in [4.69, 9.17) is 5.73 Å². The molecule has 1 aromatic rings. The monoisotopic (exact) mass is 299 g/mol. The van der Waals surface area contributed by atoms with Crippen LogP contribution in [0.3, 0.4) is 0 Å². The molecular weight excluding hydrogens is 285 g/mol. The molecule has 4 nitrogen and oxygen atoms in total. The lowest BCUT2D eigenvalue weighted by Crippen LogP contribution is -2.42. The van der Waals surface area contributed by atoms with Gasteiger partial charge in [-0.05, 0) is 6.92 Å². The third kappa shape index (κ3) is 3.45. The Balaban J connectivity index is 2.99. The smallest absolute Gasteiger partial charge is 0.456 e. The summed E-state index contributed by atoms with van der Waals surface area (Å²) in [5, 5.41) is 0. The molecule has 0 bridgehead atoms. The first-order valence-corrected chi connectivity index (χ1v) is 5.67. The number of alkyl halides is 5. The van der Waals surface area contributed by atoms with Gasteiger partial charge in [-0.2, -0.15) is 26.9 Å². The molecule has 0 unspecified atom stereocenters. The summed E-state index contributed by atoms with van der Waals surface area (Å²) in [7, 11) is 0. The molecule has 0 saturated heterocycles. The van der Waals surface area contributed by atoms with Gasteiger partial charge in [0.2, 0.25) is 5.88 Å². The van der Waals surface area contributed by atoms with Crippen LogP contribution in [0.5, 0.6) is 5.88 Å². The number of aromatic nitrogens is 2. The van der Waals surface area contributed by atoms with Crippen LogP contribution >= 0.6 is 0 Å². The average molecular weight is 299 g/mol. The van der Waals surface area contributed by atoms with E-state index in [1.807, 2.05) is 0 Å². The van der Waals surface area contributed by atoms with Crippen molar-refractivity contribution in [3.05, 3.63) is 11.4 Å². The van der Waals surface area contributed by atoms with Crippen molar-refractivity contribution in [3.63, 3.8) is 0 Å². The maximum Gasteiger partial charge on any atom is 0.456 e. The quantitative estimate of drug-likeness (QED) is 0.868. The molecule has 0 radical (unpaired) electrons. The van der Waals surface area contributed by atoms with Crippen molar-refractivity contribution in [2.75, 3.05) is 12.3 Å². The van der Waals surface area contributed by atoms with E-state index in [-0.39, 0.29) is 29.0 Å². The Hall–Kier alpha value is -1.67. The van der Waals surface area contributed by atoms with Gasteiger partial charge < -0.3 is 10.5 Å². The summed E-state index contributed by atoms with van der Waals surface area (Å²) >= 11 is 0. The molecule has 0 fully saturated rings. The highest BCUT2D eigenvalue weighted by atomic mass is 19.4. The average Bonchev–Trinajstić information content (AvgIpc) is 2.29. The van der Waals surface area contributed by atoms with Crippen LogP contribution in [0.1, 0.15) is 31.2 Å². The van der Waals surface area contributed by atoms with Gasteiger partial charge in [-0.25, -0.2) is 4.98 Å². The van der Waals surface area contributed by atoms with Crippen LogP contribution in [0.4, 0.5) is 27.8 Å². The highest BCUT2D eigenvalue weighted by Crippen LogP contribution is 2.36. The molecular formula is C11H14F5N3O. The fourth-order valence-electron chi connectivity index (χ4n) is 1.17. The van der Waals surface area contributed by atoms with Gasteiger partial charge in [0.1, 0.15) is 11.6 Å². The zero-order chi connectivity index (χ0) is 15.7. The molecule has 0 atom stereocenters. The Morgan fingerprint density at radius 3 is 2.15 bits per heavy atom. The minimum absolute atomic E-state index is 0.0194. The zero-order valence-electron chi connectivity index (χ0n) is 11.1. The van der Waals surface area contributed by atoms with Crippen molar-refractivity contribution >= 4 is 5.82 Å². The topological polar surface area (TPSA) is 61.0 Å². The Bertz CT molecular complexity index is 488. The number of hydrogen-bond acceptors (Lipinski definition) is 4. The van der Waals surface area contributed by atoms with Gasteiger partial charge in [0.25, 0.3) is 0 Å². The summed E-state index contributed by atoms with van der Waals surface area (Å²) < 4.78 is 66.2. The van der Waals surface area contributed by atoms with Crippen LogP contribution in [0.25, 0.3) is 0 Å². The molecule has 0 amide bonds. The summed E-state index contributed by atoms with van der Waals surface area (Å²) in [4.78, 5) is 7.71. The second-order valence-electron chi connectivity index (χ2n) is 4.54. The molecule has 0 aliphatic carbocycles. The van der Waals surface area contributed by atoms with Crippen LogP contribution in [0.2, 0.25) is 0 Å². The number of rotatable bonds is 4. The normalized spacial score (nSPS) is 12.8. The molecule has 2 N–H and O–H groups in total. The van der Waals surface area contributed by atoms with Gasteiger partial charge in [0.05, 0.1) is 5.56 Å². The van der Waals surface area contributed by atoms with Crippen molar-refractivity contribution in [1.29, 1.82) is 0 Å². The summed E-state index contributed by atoms with van der Waals surface area (Å²) in [6.07, 6.45) is -5.68. The highest BCUT2D eigenvalue weighted by Gasteiger charge is 2.58. The molecule has 1 heterocycles. The largest absolute Gasteiger partial charge is 0.471 e. The number of nitrogen functional groups attached to an aromatic ring is 1. The number of anilines is 1. The lowest BCUT2D eigenvalue weighted by Gasteiger charge is -2.20. The summed E-state index contributed by atoms with van der Waals surface area (Å²) in [6, 6.07) is 0. The SMILES string of the molecule is Cc1c(N)nc(C(C)C)nc1OCC(F)(F)C(F)(F)F. The number of hydrogen-bond donors (Lipinski definition) is 1. The predicted molar refractivity (Wildman–Crippen MR) is 61.8 cm³/mol. The van der Waals surface area contributed by atoms with Crippen molar-refractivity contribution in [2.24, 2.45) is 0 Å². The molecule has 0 spiro atoms. The maximum atomic E-state index is 12.8. The standard InChI is InChI=1S/C11H14F5N3O/c1-5(2)8-18-7(17)6(3)9(19-8)20-4-10(12,13)11(14,15)16/h5H,4H2,1-3H3,(H2,17,18,19). The third-order valence-electron chi connectivity index (χ3n) is 2.48. The Labute approximate surface area is 112 Å². The first kappa shape index (κ1) is 16.4. The molecule has 114 valence electrons. The van der Waals surface area contributed by atoms with Gasteiger partial charge in [-0.3, -0.25) is 0 Å². The van der Waals surface area contributed by atoms with Gasteiger partial charge in [0, 0.05) is 5.92 Å². The van der Waals surface area contributed by atoms with Crippen LogP contribution in [0.15, 0.2) is 0 Å². The van der Waals surface area contributed by atoms with Crippen LogP contribution < -0.4 is 10.5 Å². The van der Waals surface area contributed by atoms with E-state index in [0.29, 0.717) is 0 Å². The number of ether oxygens (including phenoxy) is 1. The van der Waals surface area contributed by atoms with E-state index in [1.54, 1.807) is 13.8 Å². The van der Waals surface area contributed by atoms with Crippen molar-refractivity contribution < 1.29 is 26.7 Å². The minimum Gasteiger partial charge on any atom is -0.471 e.